The smallest absolute Gasteiger partial charge is 0.296 e. The summed E-state index contributed by atoms with van der Waals surface area (Å²) in [6.07, 6.45) is 2.58. The number of hydrogen-bond donors (Lipinski definition) is 8. The first kappa shape index (κ1) is 29.2. The van der Waals surface area contributed by atoms with Crippen molar-refractivity contribution in [1.29, 1.82) is 0 Å². The van der Waals surface area contributed by atoms with Gasteiger partial charge in [0.25, 0.3) is 30.4 Å². The van der Waals surface area contributed by atoms with Gasteiger partial charge in [-0.2, -0.15) is 25.3 Å². The van der Waals surface area contributed by atoms with Crippen LogP contribution in [0, 0.1) is 0 Å². The topological polar surface area (TPSA) is 312 Å². The molecule has 0 atom stereocenters. The molecule has 0 amide bonds. The molecule has 4 rings (SSSR count). The van der Waals surface area contributed by atoms with Crippen molar-refractivity contribution in [2.45, 2.75) is 14.7 Å². The standard InChI is InChI=1S/C10H10N2O7S2.C9H9N5O3S/c11-9-7(21(17,18)19)2-4-1-5(20(14,15)16)3-6(13)8(4)10(9)12;10-7-2-1-6(3-8(7)18(15,16)17)14-9-12-4-11-5-13-9/h1-3,13H,11-12H2,(H,14,15,16)(H,17,18,19);1-5H,10H2,(H,15,16,17)(H,11,12,13,14). The maximum atomic E-state index is 11.2. The molecule has 208 valence electrons. The molecule has 0 aliphatic heterocycles. The van der Waals surface area contributed by atoms with E-state index in [-0.39, 0.29) is 33.0 Å². The van der Waals surface area contributed by atoms with E-state index in [4.69, 9.17) is 30.9 Å². The van der Waals surface area contributed by atoms with Crippen molar-refractivity contribution in [2.75, 3.05) is 22.5 Å². The van der Waals surface area contributed by atoms with Crippen LogP contribution in [0.1, 0.15) is 0 Å². The lowest BCUT2D eigenvalue weighted by molar-refractivity contribution is 0.471. The minimum Gasteiger partial charge on any atom is -0.507 e. The maximum Gasteiger partial charge on any atom is 0.296 e. The summed E-state index contributed by atoms with van der Waals surface area (Å²) in [6.45, 7) is 0. The average Bonchev–Trinajstić information content (AvgIpc) is 2.81. The van der Waals surface area contributed by atoms with Crippen LogP contribution < -0.4 is 22.5 Å². The summed E-state index contributed by atoms with van der Waals surface area (Å²) in [5.74, 6) is -0.373. The van der Waals surface area contributed by atoms with E-state index in [1.54, 1.807) is 0 Å². The van der Waals surface area contributed by atoms with E-state index in [0.29, 0.717) is 5.69 Å². The Morgan fingerprint density at radius 3 is 1.85 bits per heavy atom. The first-order valence-corrected chi connectivity index (χ1v) is 14.3. The minimum atomic E-state index is -4.71. The van der Waals surface area contributed by atoms with Crippen LogP contribution in [0.4, 0.5) is 28.7 Å². The summed E-state index contributed by atoms with van der Waals surface area (Å²) >= 11 is 0. The molecular weight excluding hydrogens is 582 g/mol. The summed E-state index contributed by atoms with van der Waals surface area (Å²) in [4.78, 5) is 9.48. The van der Waals surface area contributed by atoms with E-state index in [0.717, 1.165) is 18.2 Å². The zero-order valence-corrected chi connectivity index (χ0v) is 21.6. The third-order valence-corrected chi connectivity index (χ3v) is 7.48. The molecule has 4 aromatic rings. The molecule has 1 heterocycles. The first-order chi connectivity index (χ1) is 17.9. The number of fused-ring (bicyclic) bond motifs is 1. The van der Waals surface area contributed by atoms with Crippen molar-refractivity contribution >= 4 is 69.8 Å². The molecule has 0 aliphatic rings. The van der Waals surface area contributed by atoms with Gasteiger partial charge < -0.3 is 27.6 Å². The van der Waals surface area contributed by atoms with Gasteiger partial charge in [-0.05, 0) is 35.7 Å². The highest BCUT2D eigenvalue weighted by atomic mass is 32.2. The highest BCUT2D eigenvalue weighted by Crippen LogP contribution is 2.39. The van der Waals surface area contributed by atoms with E-state index in [2.05, 4.69) is 20.3 Å². The molecule has 20 heteroatoms. The number of phenolic OH excluding ortho intramolecular Hbond substituents is 1. The molecule has 0 saturated carbocycles. The molecule has 0 saturated heterocycles. The second kappa shape index (κ2) is 10.4. The third kappa shape index (κ3) is 6.76. The van der Waals surface area contributed by atoms with Crippen LogP contribution in [0.2, 0.25) is 0 Å². The number of benzene rings is 3. The van der Waals surface area contributed by atoms with Crippen LogP contribution in [0.25, 0.3) is 10.8 Å². The number of rotatable bonds is 5. The lowest BCUT2D eigenvalue weighted by Gasteiger charge is -2.12. The van der Waals surface area contributed by atoms with Crippen LogP contribution in [-0.2, 0) is 30.4 Å². The number of phenols is 1. The molecule has 39 heavy (non-hydrogen) atoms. The van der Waals surface area contributed by atoms with Gasteiger partial charge in [-0.15, -0.1) is 0 Å². The van der Waals surface area contributed by atoms with Crippen LogP contribution in [0.5, 0.6) is 5.75 Å². The Morgan fingerprint density at radius 1 is 0.718 bits per heavy atom. The Kier molecular flexibility index (Phi) is 7.82. The van der Waals surface area contributed by atoms with Crippen LogP contribution in [0.3, 0.4) is 0 Å². The quantitative estimate of drug-likeness (QED) is 0.115. The summed E-state index contributed by atoms with van der Waals surface area (Å²) in [6, 6.07) is 6.54. The van der Waals surface area contributed by atoms with E-state index < -0.39 is 51.6 Å². The number of nitrogens with one attached hydrogen (secondary N) is 1. The highest BCUT2D eigenvalue weighted by molar-refractivity contribution is 7.86. The normalized spacial score (nSPS) is 12.0. The van der Waals surface area contributed by atoms with E-state index >= 15 is 0 Å². The number of anilines is 5. The molecule has 0 aliphatic carbocycles. The second-order valence-electron chi connectivity index (χ2n) is 7.51. The second-order valence-corrected chi connectivity index (χ2v) is 11.7. The van der Waals surface area contributed by atoms with Gasteiger partial charge in [0.05, 0.1) is 22.0 Å². The van der Waals surface area contributed by atoms with Crippen molar-refractivity contribution in [3.8, 4) is 5.75 Å². The average molecular weight is 602 g/mol. The third-order valence-electron chi connectivity index (χ3n) is 4.85. The van der Waals surface area contributed by atoms with Crippen molar-refractivity contribution in [3.05, 3.63) is 49.1 Å². The van der Waals surface area contributed by atoms with E-state index in [1.165, 1.54) is 30.9 Å². The zero-order valence-electron chi connectivity index (χ0n) is 19.2. The number of nitrogens with two attached hydrogens (primary N) is 3. The molecule has 17 nitrogen and oxygen atoms in total. The molecular formula is C19H19N7O10S3. The van der Waals surface area contributed by atoms with Crippen molar-refractivity contribution in [2.24, 2.45) is 0 Å². The SMILES string of the molecule is Nc1c(S(=O)(=O)O)cc2cc(S(=O)(=O)O)cc(O)c2c1N.Nc1ccc(Nc2ncncn2)cc1S(=O)(=O)O. The highest BCUT2D eigenvalue weighted by Gasteiger charge is 2.22. The lowest BCUT2D eigenvalue weighted by Crippen LogP contribution is -2.07. The number of aromatic hydroxyl groups is 1. The minimum absolute atomic E-state index is 0.0429. The van der Waals surface area contributed by atoms with Crippen LogP contribution >= 0.6 is 0 Å². The Bertz CT molecular complexity index is 1900. The molecule has 11 N–H and O–H groups in total. The predicted molar refractivity (Wildman–Crippen MR) is 138 cm³/mol. The van der Waals surface area contributed by atoms with Gasteiger partial charge in [-0.3, -0.25) is 13.7 Å². The Morgan fingerprint density at radius 2 is 1.31 bits per heavy atom. The Balaban J connectivity index is 0.000000218. The molecule has 0 spiro atoms. The summed E-state index contributed by atoms with van der Waals surface area (Å²) in [7, 11) is -13.7. The molecule has 0 fully saturated rings. The fourth-order valence-corrected chi connectivity index (χ4v) is 4.99. The number of hydrogen-bond acceptors (Lipinski definition) is 14. The van der Waals surface area contributed by atoms with Crippen molar-refractivity contribution in [1.82, 2.24) is 15.0 Å². The number of nitrogen functional groups attached to an aromatic ring is 3. The first-order valence-electron chi connectivity index (χ1n) is 9.95. The van der Waals surface area contributed by atoms with E-state index in [1.807, 2.05) is 0 Å². The van der Waals surface area contributed by atoms with Gasteiger partial charge in [0.15, 0.2) is 0 Å². The van der Waals surface area contributed by atoms with Gasteiger partial charge in [0.1, 0.15) is 28.2 Å². The maximum absolute atomic E-state index is 11.2. The number of nitrogens with zero attached hydrogens (tertiary/aromatic N) is 3. The Hall–Kier alpha value is -4.34. The summed E-state index contributed by atoms with van der Waals surface area (Å²) < 4.78 is 93.7. The van der Waals surface area contributed by atoms with Crippen LogP contribution in [0.15, 0.2) is 63.7 Å². The van der Waals surface area contributed by atoms with Gasteiger partial charge in [-0.25, -0.2) is 15.0 Å². The lowest BCUT2D eigenvalue weighted by atomic mass is 10.1. The van der Waals surface area contributed by atoms with Crippen LogP contribution in [-0.4, -0.2) is 59.0 Å². The largest absolute Gasteiger partial charge is 0.507 e. The fourth-order valence-electron chi connectivity index (χ4n) is 3.15. The van der Waals surface area contributed by atoms with Crippen molar-refractivity contribution in [3.63, 3.8) is 0 Å². The molecule has 0 bridgehead atoms. The predicted octanol–water partition coefficient (Wildman–Crippen LogP) is 0.647. The monoisotopic (exact) mass is 601 g/mol. The zero-order chi connectivity index (χ0) is 29.3. The molecule has 0 radical (unpaired) electrons. The molecule has 3 aromatic carbocycles. The summed E-state index contributed by atoms with van der Waals surface area (Å²) in [5, 5.41) is 12.3. The van der Waals surface area contributed by atoms with Gasteiger partial charge in [0, 0.05) is 17.1 Å². The fraction of sp³-hybridized carbons (Fsp3) is 0. The Labute approximate surface area is 220 Å². The summed E-state index contributed by atoms with van der Waals surface area (Å²) in [5.41, 5.74) is 16.0. The van der Waals surface area contributed by atoms with Gasteiger partial charge >= 0.3 is 0 Å². The van der Waals surface area contributed by atoms with Gasteiger partial charge in [-0.1, -0.05) is 0 Å². The number of aromatic nitrogens is 3. The molecule has 1 aromatic heterocycles. The molecule has 0 unspecified atom stereocenters. The van der Waals surface area contributed by atoms with Gasteiger partial charge in [0.2, 0.25) is 5.95 Å². The van der Waals surface area contributed by atoms with E-state index in [9.17, 15) is 30.4 Å². The van der Waals surface area contributed by atoms with Crippen molar-refractivity contribution < 1.29 is 44.0 Å².